The van der Waals surface area contributed by atoms with Gasteiger partial charge in [-0.1, -0.05) is 12.8 Å². The van der Waals surface area contributed by atoms with Gasteiger partial charge in [0.15, 0.2) is 0 Å². The van der Waals surface area contributed by atoms with Gasteiger partial charge in [-0.05, 0) is 46.7 Å². The first-order valence-corrected chi connectivity index (χ1v) is 7.34. The minimum absolute atomic E-state index is 0.113. The first kappa shape index (κ1) is 16.8. The average molecular weight is 276 g/mol. The van der Waals surface area contributed by atoms with E-state index < -0.39 is 0 Å². The Bertz CT molecular complexity index is 449. The number of hydrogen-bond acceptors (Lipinski definition) is 3. The highest BCUT2D eigenvalue weighted by molar-refractivity contribution is 5.21. The van der Waals surface area contributed by atoms with Gasteiger partial charge in [-0.15, -0.1) is 6.42 Å². The number of nitrogens with zero attached hydrogens (tertiary/aromatic N) is 1. The van der Waals surface area contributed by atoms with Crippen molar-refractivity contribution in [2.24, 2.45) is 0 Å². The molecule has 0 spiro atoms. The number of hydrogen-bond donors (Lipinski definition) is 1. The summed E-state index contributed by atoms with van der Waals surface area (Å²) in [6, 6.07) is 2.15. The molecule has 0 saturated heterocycles. The molecule has 0 saturated carbocycles. The first-order valence-electron chi connectivity index (χ1n) is 7.34. The predicted octanol–water partition coefficient (Wildman–Crippen LogP) is 3.32. The number of rotatable bonds is 7. The molecule has 0 aliphatic rings. The van der Waals surface area contributed by atoms with Crippen molar-refractivity contribution in [1.82, 2.24) is 10.2 Å². The third kappa shape index (κ3) is 5.81. The van der Waals surface area contributed by atoms with E-state index >= 15 is 0 Å². The Kier molecular flexibility index (Phi) is 6.32. The Hall–Kier alpha value is -1.24. The van der Waals surface area contributed by atoms with Crippen LogP contribution >= 0.6 is 0 Å². The standard InChI is InChI=1S/C17H28N2O/c1-7-9-19(10-8-2)13-16-11-15(14(3)20-16)12-18-17(4,5)6/h1,11,18H,8-10,12-13H2,2-6H3. The molecule has 3 heteroatoms. The molecule has 1 aromatic rings. The van der Waals surface area contributed by atoms with Crippen molar-refractivity contribution in [3.05, 3.63) is 23.2 Å². The topological polar surface area (TPSA) is 28.4 Å². The Morgan fingerprint density at radius 1 is 1.40 bits per heavy atom. The number of furan rings is 1. The fourth-order valence-electron chi connectivity index (χ4n) is 2.08. The summed E-state index contributed by atoms with van der Waals surface area (Å²) in [4.78, 5) is 2.24. The van der Waals surface area contributed by atoms with Crippen molar-refractivity contribution in [3.63, 3.8) is 0 Å². The molecule has 20 heavy (non-hydrogen) atoms. The Labute approximate surface area is 123 Å². The van der Waals surface area contributed by atoms with Crippen LogP contribution in [0.3, 0.4) is 0 Å². The monoisotopic (exact) mass is 276 g/mol. The van der Waals surface area contributed by atoms with Gasteiger partial charge in [0.25, 0.3) is 0 Å². The molecule has 1 heterocycles. The smallest absolute Gasteiger partial charge is 0.118 e. The highest BCUT2D eigenvalue weighted by Gasteiger charge is 2.14. The molecule has 0 atom stereocenters. The van der Waals surface area contributed by atoms with E-state index in [1.807, 2.05) is 6.92 Å². The number of terminal acetylenes is 1. The van der Waals surface area contributed by atoms with E-state index in [0.29, 0.717) is 6.54 Å². The second-order valence-electron chi connectivity index (χ2n) is 6.31. The van der Waals surface area contributed by atoms with E-state index in [-0.39, 0.29) is 5.54 Å². The van der Waals surface area contributed by atoms with Crippen LogP contribution in [0.15, 0.2) is 10.5 Å². The summed E-state index contributed by atoms with van der Waals surface area (Å²) in [5, 5.41) is 3.49. The zero-order valence-electron chi connectivity index (χ0n) is 13.5. The van der Waals surface area contributed by atoms with E-state index in [0.717, 1.165) is 37.6 Å². The van der Waals surface area contributed by atoms with Gasteiger partial charge in [-0.2, -0.15) is 0 Å². The minimum Gasteiger partial charge on any atom is -0.465 e. The summed E-state index contributed by atoms with van der Waals surface area (Å²) >= 11 is 0. The summed E-state index contributed by atoms with van der Waals surface area (Å²) in [5.74, 6) is 4.70. The van der Waals surface area contributed by atoms with Gasteiger partial charge in [-0.3, -0.25) is 4.90 Å². The van der Waals surface area contributed by atoms with Crippen molar-refractivity contribution in [2.75, 3.05) is 13.1 Å². The Morgan fingerprint density at radius 3 is 2.65 bits per heavy atom. The molecule has 3 nitrogen and oxygen atoms in total. The van der Waals surface area contributed by atoms with E-state index in [4.69, 9.17) is 10.8 Å². The molecule has 1 rings (SSSR count). The number of aryl methyl sites for hydroxylation is 1. The Balaban J connectivity index is 2.66. The molecule has 0 radical (unpaired) electrons. The molecule has 0 aliphatic carbocycles. The molecule has 0 amide bonds. The van der Waals surface area contributed by atoms with Crippen molar-refractivity contribution < 1.29 is 4.42 Å². The van der Waals surface area contributed by atoms with Crippen LogP contribution in [0.2, 0.25) is 0 Å². The summed E-state index contributed by atoms with van der Waals surface area (Å²) in [6.45, 7) is 14.0. The van der Waals surface area contributed by atoms with E-state index in [1.165, 1.54) is 5.56 Å². The third-order valence-electron chi connectivity index (χ3n) is 3.11. The van der Waals surface area contributed by atoms with Crippen LogP contribution in [0.25, 0.3) is 0 Å². The lowest BCUT2D eigenvalue weighted by Crippen LogP contribution is -2.35. The zero-order valence-corrected chi connectivity index (χ0v) is 13.5. The largest absolute Gasteiger partial charge is 0.465 e. The lowest BCUT2D eigenvalue weighted by molar-refractivity contribution is 0.270. The van der Waals surface area contributed by atoms with Crippen molar-refractivity contribution in [2.45, 2.75) is 59.7 Å². The summed E-state index contributed by atoms with van der Waals surface area (Å²) in [6.07, 6.45) is 6.51. The van der Waals surface area contributed by atoms with Gasteiger partial charge >= 0.3 is 0 Å². The third-order valence-corrected chi connectivity index (χ3v) is 3.11. The summed E-state index contributed by atoms with van der Waals surface area (Å²) in [5.41, 5.74) is 1.34. The molecule has 1 aromatic heterocycles. The van der Waals surface area contributed by atoms with Crippen molar-refractivity contribution in [1.29, 1.82) is 0 Å². The molecule has 112 valence electrons. The molecule has 1 N–H and O–H groups in total. The van der Waals surface area contributed by atoms with Gasteiger partial charge in [-0.25, -0.2) is 0 Å². The minimum atomic E-state index is 0.113. The molecular weight excluding hydrogens is 248 g/mol. The van der Waals surface area contributed by atoms with Crippen LogP contribution in [-0.4, -0.2) is 23.5 Å². The highest BCUT2D eigenvalue weighted by Crippen LogP contribution is 2.17. The van der Waals surface area contributed by atoms with Crippen molar-refractivity contribution in [3.8, 4) is 12.3 Å². The fraction of sp³-hybridized carbons (Fsp3) is 0.647. The van der Waals surface area contributed by atoms with Crippen LogP contribution in [0.4, 0.5) is 0 Å². The highest BCUT2D eigenvalue weighted by atomic mass is 16.3. The average Bonchev–Trinajstić information content (AvgIpc) is 2.67. The Morgan fingerprint density at radius 2 is 2.10 bits per heavy atom. The maximum atomic E-state index is 5.85. The number of nitrogens with one attached hydrogen (secondary N) is 1. The quantitative estimate of drug-likeness (QED) is 0.774. The lowest BCUT2D eigenvalue weighted by atomic mass is 10.1. The van der Waals surface area contributed by atoms with Gasteiger partial charge < -0.3 is 9.73 Å². The molecule has 0 aliphatic heterocycles. The van der Waals surface area contributed by atoms with Gasteiger partial charge in [0.05, 0.1) is 13.1 Å². The SMILES string of the molecule is C#CCN(CCC)Cc1cc(CNC(C)(C)C)c(C)o1. The lowest BCUT2D eigenvalue weighted by Gasteiger charge is -2.20. The molecular formula is C17H28N2O. The van der Waals surface area contributed by atoms with E-state index in [2.05, 4.69) is 49.9 Å². The molecule has 0 aromatic carbocycles. The van der Waals surface area contributed by atoms with Crippen LogP contribution < -0.4 is 5.32 Å². The molecule has 0 bridgehead atoms. The second kappa shape index (κ2) is 7.52. The zero-order chi connectivity index (χ0) is 15.2. The van der Waals surface area contributed by atoms with Crippen LogP contribution in [0, 0.1) is 19.3 Å². The summed E-state index contributed by atoms with van der Waals surface area (Å²) < 4.78 is 5.85. The van der Waals surface area contributed by atoms with Crippen molar-refractivity contribution >= 4 is 0 Å². The fourth-order valence-corrected chi connectivity index (χ4v) is 2.08. The van der Waals surface area contributed by atoms with Crippen LogP contribution in [0.1, 0.15) is 51.2 Å². The van der Waals surface area contributed by atoms with Gasteiger partial charge in [0, 0.05) is 17.6 Å². The molecule has 0 unspecified atom stereocenters. The van der Waals surface area contributed by atoms with Crippen LogP contribution in [0.5, 0.6) is 0 Å². The molecule has 0 fully saturated rings. The second-order valence-corrected chi connectivity index (χ2v) is 6.31. The predicted molar refractivity (Wildman–Crippen MR) is 84.4 cm³/mol. The van der Waals surface area contributed by atoms with Gasteiger partial charge in [0.1, 0.15) is 11.5 Å². The van der Waals surface area contributed by atoms with Crippen LogP contribution in [-0.2, 0) is 13.1 Å². The summed E-state index contributed by atoms with van der Waals surface area (Å²) in [7, 11) is 0. The maximum absolute atomic E-state index is 5.85. The van der Waals surface area contributed by atoms with E-state index in [9.17, 15) is 0 Å². The normalized spacial score (nSPS) is 11.8. The van der Waals surface area contributed by atoms with E-state index in [1.54, 1.807) is 0 Å². The first-order chi connectivity index (χ1) is 9.35. The maximum Gasteiger partial charge on any atom is 0.118 e. The van der Waals surface area contributed by atoms with Gasteiger partial charge in [0.2, 0.25) is 0 Å².